The van der Waals surface area contributed by atoms with Gasteiger partial charge in [-0.25, -0.2) is 0 Å². The molecule has 1 heteroatoms. The first kappa shape index (κ1) is 5.04. The van der Waals surface area contributed by atoms with Crippen molar-refractivity contribution in [2.75, 3.05) is 0 Å². The third-order valence-electron chi connectivity index (χ3n) is 2.72. The summed E-state index contributed by atoms with van der Waals surface area (Å²) in [5.74, 6) is 1.18. The van der Waals surface area contributed by atoms with Crippen LogP contribution < -0.4 is 0 Å². The van der Waals surface area contributed by atoms with E-state index in [1.807, 2.05) is 0 Å². The largest absolute Gasteiger partial charge is 0.314 e. The average molecular weight is 125 g/mol. The molecular formula is C7H13Si+. The molecule has 2 bridgehead atoms. The molecule has 44 valence electrons. The highest BCUT2D eigenvalue weighted by atomic mass is 28.3. The van der Waals surface area contributed by atoms with Gasteiger partial charge in [0.2, 0.25) is 0 Å². The molecule has 0 aromatic carbocycles. The summed E-state index contributed by atoms with van der Waals surface area (Å²) >= 11 is 0. The molecule has 3 fully saturated rings. The number of hydrogen-bond acceptors (Lipinski definition) is 0. The molecule has 3 saturated heterocycles. The highest BCUT2D eigenvalue weighted by Crippen LogP contribution is 2.37. The Morgan fingerprint density at radius 3 is 1.50 bits per heavy atom. The zero-order chi connectivity index (χ0) is 5.40. The van der Waals surface area contributed by atoms with Crippen molar-refractivity contribution in [2.45, 2.75) is 37.4 Å². The summed E-state index contributed by atoms with van der Waals surface area (Å²) in [6.45, 7) is 0. The minimum atomic E-state index is 0.279. The Morgan fingerprint density at radius 2 is 1.38 bits per heavy atom. The minimum Gasteiger partial charge on any atom is -0.0338 e. The standard InChI is InChI=1S/C7H13Si/c1-4-8-5-2-7(1)3-6-8/h7H,1-6H2/q+1. The van der Waals surface area contributed by atoms with Gasteiger partial charge in [0.1, 0.15) is 0 Å². The molecule has 0 spiro atoms. The first-order chi connectivity index (χ1) is 3.95. The van der Waals surface area contributed by atoms with Gasteiger partial charge in [0.25, 0.3) is 0 Å². The van der Waals surface area contributed by atoms with Gasteiger partial charge in [0, 0.05) is 0 Å². The fourth-order valence-electron chi connectivity index (χ4n) is 2.03. The maximum Gasteiger partial charge on any atom is 0.314 e. The molecule has 0 saturated carbocycles. The van der Waals surface area contributed by atoms with Crippen molar-refractivity contribution in [3.05, 3.63) is 0 Å². The molecule has 0 aromatic rings. The van der Waals surface area contributed by atoms with Crippen LogP contribution in [0.5, 0.6) is 0 Å². The van der Waals surface area contributed by atoms with Crippen molar-refractivity contribution in [1.29, 1.82) is 0 Å². The maximum atomic E-state index is 1.66. The van der Waals surface area contributed by atoms with Crippen molar-refractivity contribution in [2.24, 2.45) is 5.92 Å². The van der Waals surface area contributed by atoms with E-state index in [1.54, 1.807) is 37.4 Å². The molecule has 8 heavy (non-hydrogen) atoms. The van der Waals surface area contributed by atoms with Gasteiger partial charge in [-0.15, -0.1) is 0 Å². The van der Waals surface area contributed by atoms with Gasteiger partial charge >= 0.3 is 8.80 Å². The second-order valence-electron chi connectivity index (χ2n) is 3.23. The third kappa shape index (κ3) is 0.731. The van der Waals surface area contributed by atoms with Gasteiger partial charge in [-0.1, -0.05) is 0 Å². The molecule has 3 aliphatic heterocycles. The topological polar surface area (TPSA) is 0 Å². The van der Waals surface area contributed by atoms with Crippen LogP contribution in [0.2, 0.25) is 18.1 Å². The van der Waals surface area contributed by atoms with Crippen LogP contribution in [0, 0.1) is 5.92 Å². The first-order valence-electron chi connectivity index (χ1n) is 3.79. The number of rotatable bonds is 0. The smallest absolute Gasteiger partial charge is 0.0338 e. The molecule has 3 rings (SSSR count). The Hall–Kier alpha value is 0.217. The molecule has 0 N–H and O–H groups in total. The normalized spacial score (nSPS) is 29.2. The highest BCUT2D eigenvalue weighted by Gasteiger charge is 2.39. The van der Waals surface area contributed by atoms with Crippen LogP contribution in [0.3, 0.4) is 0 Å². The van der Waals surface area contributed by atoms with E-state index in [1.165, 1.54) is 5.92 Å². The second-order valence-corrected chi connectivity index (χ2v) is 6.23. The fourth-order valence-corrected chi connectivity index (χ4v) is 5.23. The number of hydrogen-bond donors (Lipinski definition) is 0. The predicted octanol–water partition coefficient (Wildman–Crippen LogP) is 2.29. The summed E-state index contributed by atoms with van der Waals surface area (Å²) in [7, 11) is 0.279. The summed E-state index contributed by atoms with van der Waals surface area (Å²) in [5, 5.41) is 0. The van der Waals surface area contributed by atoms with E-state index in [9.17, 15) is 0 Å². The van der Waals surface area contributed by atoms with Gasteiger partial charge in [-0.05, 0) is 25.2 Å². The van der Waals surface area contributed by atoms with E-state index >= 15 is 0 Å². The van der Waals surface area contributed by atoms with Crippen molar-refractivity contribution in [1.82, 2.24) is 0 Å². The van der Waals surface area contributed by atoms with Gasteiger partial charge in [-0.2, -0.15) is 0 Å². The third-order valence-corrected chi connectivity index (χ3v) is 5.71. The van der Waals surface area contributed by atoms with E-state index in [4.69, 9.17) is 0 Å². The van der Waals surface area contributed by atoms with Crippen molar-refractivity contribution >= 4 is 8.80 Å². The summed E-state index contributed by atoms with van der Waals surface area (Å²) < 4.78 is 0. The van der Waals surface area contributed by atoms with Crippen molar-refractivity contribution < 1.29 is 0 Å². The molecule has 0 nitrogen and oxygen atoms in total. The summed E-state index contributed by atoms with van der Waals surface area (Å²) in [5.41, 5.74) is 0. The number of fused-ring (bicyclic) bond motifs is 3. The van der Waals surface area contributed by atoms with Crippen LogP contribution in [0.1, 0.15) is 19.3 Å². The molecule has 0 aromatic heterocycles. The van der Waals surface area contributed by atoms with Crippen molar-refractivity contribution in [3.8, 4) is 0 Å². The second kappa shape index (κ2) is 1.87. The Bertz CT molecular complexity index is 59.4. The quantitative estimate of drug-likeness (QED) is 0.436. The Morgan fingerprint density at radius 1 is 0.875 bits per heavy atom. The van der Waals surface area contributed by atoms with E-state index in [0.29, 0.717) is 0 Å². The van der Waals surface area contributed by atoms with Crippen LogP contribution in [0.15, 0.2) is 0 Å². The van der Waals surface area contributed by atoms with E-state index < -0.39 is 0 Å². The zero-order valence-electron chi connectivity index (χ0n) is 5.32. The molecule has 0 atom stereocenters. The van der Waals surface area contributed by atoms with E-state index in [-0.39, 0.29) is 8.80 Å². The lowest BCUT2D eigenvalue weighted by Gasteiger charge is -2.25. The summed E-state index contributed by atoms with van der Waals surface area (Å²) in [4.78, 5) is 0. The summed E-state index contributed by atoms with van der Waals surface area (Å²) in [6, 6.07) is 4.99. The molecule has 3 aliphatic rings. The van der Waals surface area contributed by atoms with Crippen LogP contribution in [0.25, 0.3) is 0 Å². The van der Waals surface area contributed by atoms with Gasteiger partial charge in [0.05, 0.1) is 18.1 Å². The van der Waals surface area contributed by atoms with Gasteiger partial charge in [0.15, 0.2) is 0 Å². The molecule has 0 radical (unpaired) electrons. The monoisotopic (exact) mass is 125 g/mol. The molecule has 0 unspecified atom stereocenters. The Labute approximate surface area is 52.9 Å². The maximum absolute atomic E-state index is 1.66. The van der Waals surface area contributed by atoms with E-state index in [0.717, 1.165) is 0 Å². The fraction of sp³-hybridized carbons (Fsp3) is 1.00. The van der Waals surface area contributed by atoms with Crippen LogP contribution in [-0.2, 0) is 0 Å². The predicted molar refractivity (Wildman–Crippen MR) is 37.5 cm³/mol. The first-order valence-corrected chi connectivity index (χ1v) is 5.91. The minimum absolute atomic E-state index is 0.279. The molecule has 0 aliphatic carbocycles. The molecular weight excluding hydrogens is 112 g/mol. The molecule has 3 heterocycles. The lowest BCUT2D eigenvalue weighted by atomic mass is 9.99. The SMILES string of the molecule is C1C[Si+]2CCC1CC2. The summed E-state index contributed by atoms with van der Waals surface area (Å²) in [6.07, 6.45) is 4.82. The molecule has 0 amide bonds. The Balaban J connectivity index is 2.03. The lowest BCUT2D eigenvalue weighted by molar-refractivity contribution is 0.425. The zero-order valence-corrected chi connectivity index (χ0v) is 6.32. The Kier molecular flexibility index (Phi) is 1.18. The average Bonchev–Trinajstić information content (AvgIpc) is 1.92. The van der Waals surface area contributed by atoms with Gasteiger partial charge < -0.3 is 0 Å². The van der Waals surface area contributed by atoms with Gasteiger partial charge in [-0.3, -0.25) is 0 Å². The van der Waals surface area contributed by atoms with E-state index in [2.05, 4.69) is 0 Å². The highest BCUT2D eigenvalue weighted by molar-refractivity contribution is 6.59. The van der Waals surface area contributed by atoms with Crippen LogP contribution >= 0.6 is 0 Å². The van der Waals surface area contributed by atoms with Crippen LogP contribution in [0.4, 0.5) is 0 Å². The lowest BCUT2D eigenvalue weighted by Crippen LogP contribution is -2.27. The van der Waals surface area contributed by atoms with Crippen molar-refractivity contribution in [3.63, 3.8) is 0 Å². The van der Waals surface area contributed by atoms with Crippen LogP contribution in [-0.4, -0.2) is 8.80 Å².